The summed E-state index contributed by atoms with van der Waals surface area (Å²) in [6, 6.07) is 21.4. The van der Waals surface area contributed by atoms with Gasteiger partial charge in [0, 0.05) is 13.0 Å². The van der Waals surface area contributed by atoms with Gasteiger partial charge in [0.1, 0.15) is 5.54 Å². The van der Waals surface area contributed by atoms with Gasteiger partial charge in [-0.2, -0.15) is 0 Å². The zero-order valence-corrected chi connectivity index (χ0v) is 19.6. The van der Waals surface area contributed by atoms with E-state index in [-0.39, 0.29) is 17.1 Å². The molecule has 2 aliphatic heterocycles. The monoisotopic (exact) mass is 423 g/mol. The van der Waals surface area contributed by atoms with Crippen LogP contribution in [0.5, 0.6) is 0 Å². The number of fused-ring (bicyclic) bond motifs is 1. The summed E-state index contributed by atoms with van der Waals surface area (Å²) in [6.45, 7) is 8.62. The van der Waals surface area contributed by atoms with Crippen LogP contribution in [0.25, 0.3) is 0 Å². The Labute approximate surface area is 181 Å². The third-order valence-corrected chi connectivity index (χ3v) is 12.0. The molecule has 4 nitrogen and oxygen atoms in total. The molecule has 2 fully saturated rings. The topological polar surface area (TPSA) is 38.8 Å². The first-order valence-electron chi connectivity index (χ1n) is 11.0. The molecule has 0 aromatic heterocycles. The number of rotatable bonds is 5. The van der Waals surface area contributed by atoms with Crippen LogP contribution in [0.2, 0.25) is 5.04 Å². The average molecular weight is 424 g/mol. The van der Waals surface area contributed by atoms with E-state index in [1.807, 2.05) is 0 Å². The Hall–Kier alpha value is -1.95. The van der Waals surface area contributed by atoms with Crippen molar-refractivity contribution in [2.75, 3.05) is 20.2 Å². The Morgan fingerprint density at radius 2 is 1.60 bits per heavy atom. The van der Waals surface area contributed by atoms with Crippen LogP contribution in [-0.2, 0) is 14.0 Å². The molecule has 0 radical (unpaired) electrons. The van der Waals surface area contributed by atoms with Gasteiger partial charge in [0.25, 0.3) is 8.32 Å². The second-order valence-corrected chi connectivity index (χ2v) is 13.9. The van der Waals surface area contributed by atoms with Crippen LogP contribution >= 0.6 is 0 Å². The summed E-state index contributed by atoms with van der Waals surface area (Å²) in [7, 11) is -1.12. The molecule has 2 saturated heterocycles. The molecular weight excluding hydrogens is 390 g/mol. The molecule has 0 bridgehead atoms. The number of nitrogens with zero attached hydrogens (tertiary/aromatic N) is 1. The number of hydrogen-bond acceptors (Lipinski definition) is 4. The van der Waals surface area contributed by atoms with Gasteiger partial charge in [-0.1, -0.05) is 81.4 Å². The van der Waals surface area contributed by atoms with Crippen molar-refractivity contribution in [3.05, 3.63) is 60.7 Å². The second kappa shape index (κ2) is 7.95. The van der Waals surface area contributed by atoms with Gasteiger partial charge in [0.2, 0.25) is 0 Å². The standard InChI is InChI=1S/C25H33NO3Si/c1-24(2,3)30(21-12-7-5-8-13-21,22-14-9-6-10-15-22)29-20-18-25(23(27)28-4)16-11-17-26(25)19-20/h5-10,12-15,20H,11,16-19H2,1-4H3/t20-,25-/m1/s1. The van der Waals surface area contributed by atoms with Gasteiger partial charge in [0.05, 0.1) is 13.2 Å². The smallest absolute Gasteiger partial charge is 0.326 e. The molecule has 160 valence electrons. The Morgan fingerprint density at radius 1 is 1.03 bits per heavy atom. The van der Waals surface area contributed by atoms with Gasteiger partial charge in [-0.3, -0.25) is 9.69 Å². The second-order valence-electron chi connectivity index (χ2n) is 9.68. The molecule has 2 atom stereocenters. The molecule has 0 saturated carbocycles. The fraction of sp³-hybridized carbons (Fsp3) is 0.480. The van der Waals surface area contributed by atoms with Gasteiger partial charge >= 0.3 is 5.97 Å². The predicted octanol–water partition coefficient (Wildman–Crippen LogP) is 3.34. The zero-order chi connectivity index (χ0) is 21.4. The molecule has 0 unspecified atom stereocenters. The Kier molecular flexibility index (Phi) is 5.64. The van der Waals surface area contributed by atoms with E-state index in [9.17, 15) is 4.79 Å². The summed E-state index contributed by atoms with van der Waals surface area (Å²) in [4.78, 5) is 15.1. The van der Waals surface area contributed by atoms with Gasteiger partial charge in [-0.05, 0) is 34.8 Å². The minimum atomic E-state index is -2.62. The third kappa shape index (κ3) is 3.33. The van der Waals surface area contributed by atoms with Crippen LogP contribution in [0, 0.1) is 0 Å². The van der Waals surface area contributed by atoms with Crippen LogP contribution < -0.4 is 10.4 Å². The quantitative estimate of drug-likeness (QED) is 0.546. The molecule has 0 N–H and O–H groups in total. The van der Waals surface area contributed by atoms with E-state index in [4.69, 9.17) is 9.16 Å². The first-order valence-corrected chi connectivity index (χ1v) is 12.9. The van der Waals surface area contributed by atoms with Crippen LogP contribution in [0.1, 0.15) is 40.0 Å². The lowest BCUT2D eigenvalue weighted by molar-refractivity contribution is -0.151. The largest absolute Gasteiger partial charge is 0.468 e. The number of carbonyl (C=O) groups excluding carboxylic acids is 1. The highest BCUT2D eigenvalue weighted by Crippen LogP contribution is 2.44. The summed E-state index contributed by atoms with van der Waals surface area (Å²) in [5.74, 6) is -0.103. The molecule has 2 aliphatic rings. The van der Waals surface area contributed by atoms with Crippen molar-refractivity contribution in [3.63, 3.8) is 0 Å². The number of esters is 1. The van der Waals surface area contributed by atoms with E-state index in [2.05, 4.69) is 86.3 Å². The maximum Gasteiger partial charge on any atom is 0.326 e. The predicted molar refractivity (Wildman–Crippen MR) is 123 cm³/mol. The van der Waals surface area contributed by atoms with E-state index < -0.39 is 13.9 Å². The fourth-order valence-electron chi connectivity index (χ4n) is 5.64. The lowest BCUT2D eigenvalue weighted by atomic mass is 9.93. The summed E-state index contributed by atoms with van der Waals surface area (Å²) in [6.07, 6.45) is 2.63. The number of carbonyl (C=O) groups is 1. The zero-order valence-electron chi connectivity index (χ0n) is 18.6. The van der Waals surface area contributed by atoms with Crippen molar-refractivity contribution < 1.29 is 14.0 Å². The van der Waals surface area contributed by atoms with E-state index in [0.29, 0.717) is 6.42 Å². The van der Waals surface area contributed by atoms with Crippen LogP contribution in [0.4, 0.5) is 0 Å². The molecule has 2 aromatic carbocycles. The Bertz CT molecular complexity index is 841. The average Bonchev–Trinajstić information content (AvgIpc) is 3.29. The SMILES string of the molecule is COC(=O)[C@]12CCCN1C[C@H](O[Si](c1ccccc1)(c1ccccc1)C(C)(C)C)C2. The fourth-order valence-corrected chi connectivity index (χ4v) is 10.3. The Morgan fingerprint density at radius 3 is 2.10 bits per heavy atom. The molecule has 2 aromatic rings. The van der Waals surface area contributed by atoms with Gasteiger partial charge in [0.15, 0.2) is 0 Å². The minimum Gasteiger partial charge on any atom is -0.468 e. The summed E-state index contributed by atoms with van der Waals surface area (Å²) in [5.41, 5.74) is -0.509. The van der Waals surface area contributed by atoms with E-state index >= 15 is 0 Å². The summed E-state index contributed by atoms with van der Waals surface area (Å²) in [5, 5.41) is 2.49. The first kappa shape index (κ1) is 21.3. The highest BCUT2D eigenvalue weighted by Gasteiger charge is 2.58. The first-order chi connectivity index (χ1) is 14.3. The minimum absolute atomic E-state index is 0.00991. The van der Waals surface area contributed by atoms with Crippen LogP contribution in [-0.4, -0.2) is 51.0 Å². The Balaban J connectivity index is 1.78. The van der Waals surface area contributed by atoms with Crippen LogP contribution in [0.15, 0.2) is 60.7 Å². The van der Waals surface area contributed by atoms with Gasteiger partial charge in [-0.25, -0.2) is 0 Å². The normalized spacial score (nSPS) is 24.6. The molecule has 30 heavy (non-hydrogen) atoms. The van der Waals surface area contributed by atoms with Crippen molar-refractivity contribution in [3.8, 4) is 0 Å². The van der Waals surface area contributed by atoms with Crippen molar-refractivity contribution in [2.24, 2.45) is 0 Å². The van der Waals surface area contributed by atoms with E-state index in [1.165, 1.54) is 17.5 Å². The highest BCUT2D eigenvalue weighted by molar-refractivity contribution is 6.99. The van der Waals surface area contributed by atoms with Gasteiger partial charge in [-0.15, -0.1) is 0 Å². The lowest BCUT2D eigenvalue weighted by Gasteiger charge is -2.44. The molecule has 0 aliphatic carbocycles. The highest BCUT2D eigenvalue weighted by atomic mass is 28.4. The molecule has 4 rings (SSSR count). The summed E-state index contributed by atoms with van der Waals surface area (Å²) >= 11 is 0. The lowest BCUT2D eigenvalue weighted by Crippen LogP contribution is -2.67. The molecular formula is C25H33NO3Si. The number of ether oxygens (including phenoxy) is 1. The van der Waals surface area contributed by atoms with Gasteiger partial charge < -0.3 is 9.16 Å². The van der Waals surface area contributed by atoms with Crippen molar-refractivity contribution in [1.29, 1.82) is 0 Å². The number of methoxy groups -OCH3 is 1. The maximum absolute atomic E-state index is 12.8. The molecule has 5 heteroatoms. The number of hydrogen-bond donors (Lipinski definition) is 0. The van der Waals surface area contributed by atoms with Crippen molar-refractivity contribution >= 4 is 24.7 Å². The van der Waals surface area contributed by atoms with E-state index in [1.54, 1.807) is 0 Å². The van der Waals surface area contributed by atoms with Crippen molar-refractivity contribution in [2.45, 2.75) is 56.7 Å². The maximum atomic E-state index is 12.8. The summed E-state index contributed by atoms with van der Waals surface area (Å²) < 4.78 is 12.5. The van der Waals surface area contributed by atoms with Crippen molar-refractivity contribution in [1.82, 2.24) is 4.90 Å². The molecule has 2 heterocycles. The molecule has 0 spiro atoms. The van der Waals surface area contributed by atoms with Crippen LogP contribution in [0.3, 0.4) is 0 Å². The number of benzene rings is 2. The third-order valence-electron chi connectivity index (χ3n) is 6.94. The van der Waals surface area contributed by atoms with E-state index in [0.717, 1.165) is 25.9 Å². The molecule has 0 amide bonds.